The maximum Gasteiger partial charge on any atom is 0.252 e. The monoisotopic (exact) mass is 455 g/mol. The highest BCUT2D eigenvalue weighted by atomic mass is 16.5. The van der Waals surface area contributed by atoms with Crippen LogP contribution in [0.4, 0.5) is 0 Å². The first-order chi connectivity index (χ1) is 16.5. The van der Waals surface area contributed by atoms with Crippen molar-refractivity contribution in [2.75, 3.05) is 27.7 Å². The summed E-state index contributed by atoms with van der Waals surface area (Å²) < 4.78 is 11.6. The van der Waals surface area contributed by atoms with Gasteiger partial charge >= 0.3 is 0 Å². The summed E-state index contributed by atoms with van der Waals surface area (Å²) in [6.45, 7) is 2.46. The number of nitrogens with zero attached hydrogens (tertiary/aromatic N) is 2. The maximum absolute atomic E-state index is 13.2. The number of nitrogens with one attached hydrogen (secondary N) is 1. The number of carbonyl (C=O) groups is 1. The molecule has 0 aliphatic rings. The predicted molar refractivity (Wildman–Crippen MR) is 134 cm³/mol. The van der Waals surface area contributed by atoms with Gasteiger partial charge in [0.2, 0.25) is 5.89 Å². The Hall–Kier alpha value is -3.90. The quantitative estimate of drug-likeness (QED) is 0.387. The van der Waals surface area contributed by atoms with Crippen LogP contribution in [-0.4, -0.2) is 43.5 Å². The first-order valence-corrected chi connectivity index (χ1v) is 11.2. The largest absolute Gasteiger partial charge is 0.496 e. The minimum absolute atomic E-state index is 0.0536. The Kier molecular flexibility index (Phi) is 7.09. The number of ether oxygens (including phenoxy) is 1. The molecule has 0 bridgehead atoms. The van der Waals surface area contributed by atoms with E-state index < -0.39 is 0 Å². The number of para-hydroxylation sites is 1. The van der Waals surface area contributed by atoms with Gasteiger partial charge in [0, 0.05) is 23.2 Å². The topological polar surface area (TPSA) is 67.6 Å². The van der Waals surface area contributed by atoms with Crippen molar-refractivity contribution in [3.05, 3.63) is 95.7 Å². The molecule has 3 aromatic carbocycles. The number of aryl methyl sites for hydroxylation is 1. The minimum Gasteiger partial charge on any atom is -0.496 e. The molecule has 1 heterocycles. The van der Waals surface area contributed by atoms with Gasteiger partial charge in [0.15, 0.2) is 5.76 Å². The molecule has 4 aromatic rings. The fourth-order valence-electron chi connectivity index (χ4n) is 3.91. The predicted octanol–water partition coefficient (Wildman–Crippen LogP) is 5.36. The van der Waals surface area contributed by atoms with Crippen LogP contribution in [0.3, 0.4) is 0 Å². The van der Waals surface area contributed by atoms with E-state index in [0.29, 0.717) is 29.3 Å². The fraction of sp³-hybridized carbons (Fsp3) is 0.214. The highest BCUT2D eigenvalue weighted by Crippen LogP contribution is 2.30. The van der Waals surface area contributed by atoms with Gasteiger partial charge in [-0.05, 0) is 39.2 Å². The Bertz CT molecular complexity index is 1260. The molecule has 0 spiro atoms. The summed E-state index contributed by atoms with van der Waals surface area (Å²) in [6, 6.07) is 23.2. The molecule has 0 aliphatic carbocycles. The van der Waals surface area contributed by atoms with E-state index in [1.807, 2.05) is 87.7 Å². The zero-order valence-electron chi connectivity index (χ0n) is 19.9. The number of methoxy groups -OCH3 is 1. The molecule has 0 aliphatic heterocycles. The second-order valence-electron chi connectivity index (χ2n) is 8.37. The van der Waals surface area contributed by atoms with Crippen LogP contribution in [0.25, 0.3) is 22.8 Å². The Morgan fingerprint density at radius 1 is 1.03 bits per heavy atom. The summed E-state index contributed by atoms with van der Waals surface area (Å²) in [6.07, 6.45) is 1.69. The lowest BCUT2D eigenvalue weighted by Crippen LogP contribution is -2.35. The summed E-state index contributed by atoms with van der Waals surface area (Å²) in [5.41, 5.74) is 4.29. The Morgan fingerprint density at radius 3 is 2.47 bits per heavy atom. The van der Waals surface area contributed by atoms with Crippen LogP contribution in [-0.2, 0) is 0 Å². The fourth-order valence-corrected chi connectivity index (χ4v) is 3.91. The van der Waals surface area contributed by atoms with E-state index in [9.17, 15) is 4.79 Å². The molecule has 0 fully saturated rings. The Morgan fingerprint density at radius 2 is 1.74 bits per heavy atom. The number of hydrogen-bond donors (Lipinski definition) is 1. The third kappa shape index (κ3) is 5.02. The Balaban J connectivity index is 1.56. The highest BCUT2D eigenvalue weighted by Gasteiger charge is 2.21. The number of amides is 1. The van der Waals surface area contributed by atoms with Gasteiger partial charge in [-0.25, -0.2) is 4.98 Å². The number of benzene rings is 3. The van der Waals surface area contributed by atoms with Crippen LogP contribution in [0.1, 0.15) is 27.5 Å². The van der Waals surface area contributed by atoms with Crippen LogP contribution in [0.5, 0.6) is 5.75 Å². The van der Waals surface area contributed by atoms with Crippen molar-refractivity contribution in [1.29, 1.82) is 0 Å². The lowest BCUT2D eigenvalue weighted by molar-refractivity contribution is 0.0942. The Labute approximate surface area is 200 Å². The smallest absolute Gasteiger partial charge is 0.252 e. The van der Waals surface area contributed by atoms with Gasteiger partial charge in [-0.15, -0.1) is 0 Å². The zero-order chi connectivity index (χ0) is 24.1. The molecule has 1 amide bonds. The van der Waals surface area contributed by atoms with E-state index in [1.54, 1.807) is 19.4 Å². The van der Waals surface area contributed by atoms with E-state index in [1.165, 1.54) is 5.56 Å². The van der Waals surface area contributed by atoms with E-state index in [0.717, 1.165) is 16.9 Å². The molecule has 6 nitrogen and oxygen atoms in total. The van der Waals surface area contributed by atoms with Crippen molar-refractivity contribution in [2.45, 2.75) is 13.0 Å². The third-order valence-corrected chi connectivity index (χ3v) is 5.82. The van der Waals surface area contributed by atoms with E-state index >= 15 is 0 Å². The first kappa shape index (κ1) is 23.3. The third-order valence-electron chi connectivity index (χ3n) is 5.82. The average Bonchev–Trinajstić information content (AvgIpc) is 3.35. The molecule has 0 saturated carbocycles. The lowest BCUT2D eigenvalue weighted by atomic mass is 10.0. The molecular weight excluding hydrogens is 426 g/mol. The number of rotatable bonds is 8. The van der Waals surface area contributed by atoms with Gasteiger partial charge in [-0.1, -0.05) is 60.2 Å². The van der Waals surface area contributed by atoms with Crippen LogP contribution in [0.2, 0.25) is 0 Å². The summed E-state index contributed by atoms with van der Waals surface area (Å²) in [4.78, 5) is 19.7. The van der Waals surface area contributed by atoms with Gasteiger partial charge in [-0.2, -0.15) is 0 Å². The standard InChI is InChI=1S/C28H29N3O3/c1-19-13-15-20(16-14-19)26-18-30-28(34-26)22-10-6-5-9-21(22)27(32)29-17-24(31(2)3)23-11-7-8-12-25(23)33-4/h5-16,18,24H,17H2,1-4H3,(H,29,32). The molecule has 0 saturated heterocycles. The highest BCUT2D eigenvalue weighted by molar-refractivity contribution is 6.00. The number of carbonyl (C=O) groups excluding carboxylic acids is 1. The molecule has 1 atom stereocenters. The van der Waals surface area contributed by atoms with Crippen LogP contribution < -0.4 is 10.1 Å². The molecule has 34 heavy (non-hydrogen) atoms. The molecule has 0 radical (unpaired) electrons. The van der Waals surface area contributed by atoms with Gasteiger partial charge < -0.3 is 19.4 Å². The van der Waals surface area contributed by atoms with Crippen molar-refractivity contribution < 1.29 is 13.9 Å². The SMILES string of the molecule is COc1ccccc1C(CNC(=O)c1ccccc1-c1ncc(-c2ccc(C)cc2)o1)N(C)C. The number of hydrogen-bond acceptors (Lipinski definition) is 5. The molecule has 4 rings (SSSR count). The molecular formula is C28H29N3O3. The van der Waals surface area contributed by atoms with E-state index in [2.05, 4.69) is 15.2 Å². The average molecular weight is 456 g/mol. The van der Waals surface area contributed by atoms with Crippen molar-refractivity contribution >= 4 is 5.91 Å². The molecule has 6 heteroatoms. The van der Waals surface area contributed by atoms with Gasteiger partial charge in [-0.3, -0.25) is 4.79 Å². The van der Waals surface area contributed by atoms with Gasteiger partial charge in [0.1, 0.15) is 5.75 Å². The normalized spacial score (nSPS) is 11.9. The number of oxazole rings is 1. The first-order valence-electron chi connectivity index (χ1n) is 11.2. The number of aromatic nitrogens is 1. The van der Waals surface area contributed by atoms with E-state index in [-0.39, 0.29) is 11.9 Å². The maximum atomic E-state index is 13.2. The van der Waals surface area contributed by atoms with Gasteiger partial charge in [0.05, 0.1) is 24.9 Å². The van der Waals surface area contributed by atoms with Gasteiger partial charge in [0.25, 0.3) is 5.91 Å². The lowest BCUT2D eigenvalue weighted by Gasteiger charge is -2.26. The van der Waals surface area contributed by atoms with Crippen molar-refractivity contribution in [3.63, 3.8) is 0 Å². The summed E-state index contributed by atoms with van der Waals surface area (Å²) in [5.74, 6) is 1.68. The zero-order valence-corrected chi connectivity index (χ0v) is 19.9. The summed E-state index contributed by atoms with van der Waals surface area (Å²) >= 11 is 0. The van der Waals surface area contributed by atoms with E-state index in [4.69, 9.17) is 9.15 Å². The van der Waals surface area contributed by atoms with Crippen molar-refractivity contribution in [1.82, 2.24) is 15.2 Å². The summed E-state index contributed by atoms with van der Waals surface area (Å²) in [7, 11) is 5.62. The second-order valence-corrected chi connectivity index (χ2v) is 8.37. The van der Waals surface area contributed by atoms with Crippen LogP contribution in [0, 0.1) is 6.92 Å². The molecule has 1 aromatic heterocycles. The summed E-state index contributed by atoms with van der Waals surface area (Å²) in [5, 5.41) is 3.08. The number of likely N-dealkylation sites (N-methyl/N-ethyl adjacent to an activating group) is 1. The van der Waals surface area contributed by atoms with Crippen LogP contribution in [0.15, 0.2) is 83.4 Å². The van der Waals surface area contributed by atoms with Crippen molar-refractivity contribution in [2.24, 2.45) is 0 Å². The minimum atomic E-state index is -0.188. The molecule has 174 valence electrons. The molecule has 1 N–H and O–H groups in total. The molecule has 1 unspecified atom stereocenters. The van der Waals surface area contributed by atoms with Crippen LogP contribution >= 0.6 is 0 Å². The second kappa shape index (κ2) is 10.4. The van der Waals surface area contributed by atoms with Crippen molar-refractivity contribution in [3.8, 4) is 28.5 Å².